The van der Waals surface area contributed by atoms with Gasteiger partial charge in [-0.15, -0.1) is 16.4 Å². The van der Waals surface area contributed by atoms with E-state index >= 15 is 0 Å². The molecule has 1 aliphatic carbocycles. The van der Waals surface area contributed by atoms with Gasteiger partial charge >= 0.3 is 6.03 Å². The zero-order valence-electron chi connectivity index (χ0n) is 11.7. The van der Waals surface area contributed by atoms with Crippen LogP contribution in [0.5, 0.6) is 0 Å². The van der Waals surface area contributed by atoms with Crippen molar-refractivity contribution < 1.29 is 4.79 Å². The Kier molecular flexibility index (Phi) is 4.44. The fourth-order valence-electron chi connectivity index (χ4n) is 2.56. The average Bonchev–Trinajstić information content (AvgIpc) is 3.24. The van der Waals surface area contributed by atoms with Crippen molar-refractivity contribution in [2.45, 2.75) is 44.8 Å². The monoisotopic (exact) mass is 306 g/mol. The topological polar surface area (TPSA) is 84.7 Å². The van der Waals surface area contributed by atoms with Gasteiger partial charge in [-0.1, -0.05) is 18.9 Å². The van der Waals surface area contributed by atoms with Crippen LogP contribution in [-0.2, 0) is 13.1 Å². The fourth-order valence-corrected chi connectivity index (χ4v) is 3.21. The zero-order valence-corrected chi connectivity index (χ0v) is 12.5. The highest BCUT2D eigenvalue weighted by atomic mass is 32.1. The molecule has 0 unspecified atom stereocenters. The molecule has 8 heteroatoms. The molecular weight excluding hydrogens is 288 g/mol. The number of nitrogens with zero attached hydrogens (tertiary/aromatic N) is 4. The van der Waals surface area contributed by atoms with Gasteiger partial charge in [-0.3, -0.25) is 0 Å². The van der Waals surface area contributed by atoms with E-state index < -0.39 is 0 Å². The lowest BCUT2D eigenvalue weighted by molar-refractivity contribution is 0.239. The lowest BCUT2D eigenvalue weighted by atomic mass is 10.2. The molecule has 1 fully saturated rings. The van der Waals surface area contributed by atoms with E-state index in [-0.39, 0.29) is 6.03 Å². The molecule has 7 nitrogen and oxygen atoms in total. The molecule has 0 atom stereocenters. The summed E-state index contributed by atoms with van der Waals surface area (Å²) in [5.41, 5.74) is 0. The molecule has 21 heavy (non-hydrogen) atoms. The number of rotatable bonds is 5. The summed E-state index contributed by atoms with van der Waals surface area (Å²) < 4.78 is 1.85. The number of hydrogen-bond donors (Lipinski definition) is 2. The largest absolute Gasteiger partial charge is 0.333 e. The molecule has 0 radical (unpaired) electrons. The molecule has 0 spiro atoms. The number of amides is 2. The lowest BCUT2D eigenvalue weighted by Gasteiger charge is -2.12. The number of carbonyl (C=O) groups excluding carboxylic acids is 1. The van der Waals surface area contributed by atoms with Crippen molar-refractivity contribution in [2.24, 2.45) is 0 Å². The number of nitrogens with one attached hydrogen (secondary N) is 2. The van der Waals surface area contributed by atoms with Crippen molar-refractivity contribution in [3.05, 3.63) is 28.2 Å². The van der Waals surface area contributed by atoms with Gasteiger partial charge in [0, 0.05) is 4.88 Å². The molecule has 112 valence electrons. The summed E-state index contributed by atoms with van der Waals surface area (Å²) >= 11 is 1.62. The van der Waals surface area contributed by atoms with Gasteiger partial charge in [0.25, 0.3) is 0 Å². The van der Waals surface area contributed by atoms with Crippen LogP contribution in [0.2, 0.25) is 0 Å². The molecule has 0 aliphatic heterocycles. The first-order valence-corrected chi connectivity index (χ1v) is 8.02. The Balaban J connectivity index is 1.48. The van der Waals surface area contributed by atoms with Crippen LogP contribution >= 0.6 is 11.3 Å². The molecule has 2 aromatic rings. The number of tetrazole rings is 1. The first-order valence-electron chi connectivity index (χ1n) is 7.14. The van der Waals surface area contributed by atoms with Crippen molar-refractivity contribution in [3.8, 4) is 0 Å². The quantitative estimate of drug-likeness (QED) is 0.883. The van der Waals surface area contributed by atoms with Gasteiger partial charge in [-0.05, 0) is 34.7 Å². The van der Waals surface area contributed by atoms with Gasteiger partial charge in [0.15, 0.2) is 5.82 Å². The number of hydrogen-bond acceptors (Lipinski definition) is 5. The molecule has 3 rings (SSSR count). The maximum absolute atomic E-state index is 11.8. The Morgan fingerprint density at radius 2 is 2.14 bits per heavy atom. The third-order valence-electron chi connectivity index (χ3n) is 3.64. The van der Waals surface area contributed by atoms with Gasteiger partial charge in [0.05, 0.1) is 19.1 Å². The smallest absolute Gasteiger partial charge is 0.315 e. The summed E-state index contributed by atoms with van der Waals surface area (Å²) in [4.78, 5) is 12.9. The zero-order chi connectivity index (χ0) is 14.5. The minimum absolute atomic E-state index is 0.204. The maximum Gasteiger partial charge on any atom is 0.315 e. The van der Waals surface area contributed by atoms with E-state index in [1.54, 1.807) is 11.3 Å². The Hall–Kier alpha value is -1.96. The second-order valence-corrected chi connectivity index (χ2v) is 6.13. The molecule has 0 aromatic carbocycles. The number of urea groups is 1. The van der Waals surface area contributed by atoms with Crippen LogP contribution in [0.3, 0.4) is 0 Å². The Labute approximate surface area is 126 Å². The van der Waals surface area contributed by atoms with E-state index in [0.717, 1.165) is 17.7 Å². The summed E-state index contributed by atoms with van der Waals surface area (Å²) in [7, 11) is 0. The van der Waals surface area contributed by atoms with Crippen LogP contribution in [0.15, 0.2) is 17.5 Å². The molecule has 0 bridgehead atoms. The van der Waals surface area contributed by atoms with Crippen LogP contribution in [0.4, 0.5) is 4.79 Å². The molecule has 2 heterocycles. The minimum atomic E-state index is -0.204. The van der Waals surface area contributed by atoms with E-state index in [1.807, 2.05) is 22.2 Å². The van der Waals surface area contributed by atoms with Crippen molar-refractivity contribution in [2.75, 3.05) is 0 Å². The number of aromatic nitrogens is 4. The van der Waals surface area contributed by atoms with E-state index in [4.69, 9.17) is 0 Å². The summed E-state index contributed by atoms with van der Waals surface area (Å²) in [5.74, 6) is 0.716. The summed E-state index contributed by atoms with van der Waals surface area (Å²) in [5, 5.41) is 19.4. The SMILES string of the molecule is O=C(NCc1cccs1)NCc1nnnn1C1CCCC1. The summed E-state index contributed by atoms with van der Waals surface area (Å²) in [6.45, 7) is 0.886. The summed E-state index contributed by atoms with van der Waals surface area (Å²) in [6, 6.07) is 4.14. The number of thiophene rings is 1. The Morgan fingerprint density at radius 3 is 2.90 bits per heavy atom. The van der Waals surface area contributed by atoms with Crippen LogP contribution in [0, 0.1) is 0 Å². The highest BCUT2D eigenvalue weighted by Gasteiger charge is 2.21. The highest BCUT2D eigenvalue weighted by molar-refractivity contribution is 7.09. The average molecular weight is 306 g/mol. The molecule has 2 amide bonds. The normalized spacial score (nSPS) is 15.2. The lowest BCUT2D eigenvalue weighted by Crippen LogP contribution is -2.35. The van der Waals surface area contributed by atoms with Gasteiger partial charge in [-0.25, -0.2) is 9.48 Å². The molecular formula is C13H18N6OS. The van der Waals surface area contributed by atoms with Gasteiger partial charge < -0.3 is 10.6 Å². The van der Waals surface area contributed by atoms with E-state index in [9.17, 15) is 4.79 Å². The van der Waals surface area contributed by atoms with Gasteiger partial charge in [0.2, 0.25) is 0 Å². The van der Waals surface area contributed by atoms with E-state index in [0.29, 0.717) is 25.0 Å². The first-order chi connectivity index (χ1) is 10.3. The van der Waals surface area contributed by atoms with Crippen molar-refractivity contribution >= 4 is 17.4 Å². The highest BCUT2D eigenvalue weighted by Crippen LogP contribution is 2.28. The Bertz CT molecular complexity index is 575. The summed E-state index contributed by atoms with van der Waals surface area (Å²) in [6.07, 6.45) is 4.67. The van der Waals surface area contributed by atoms with Crippen molar-refractivity contribution in [1.82, 2.24) is 30.8 Å². The first kappa shape index (κ1) is 14.0. The van der Waals surface area contributed by atoms with Crippen LogP contribution in [-0.4, -0.2) is 26.2 Å². The fraction of sp³-hybridized carbons (Fsp3) is 0.538. The molecule has 2 N–H and O–H groups in total. The molecule has 0 saturated heterocycles. The van der Waals surface area contributed by atoms with Crippen molar-refractivity contribution in [1.29, 1.82) is 0 Å². The molecule has 1 aliphatic rings. The maximum atomic E-state index is 11.8. The molecule has 2 aromatic heterocycles. The minimum Gasteiger partial charge on any atom is -0.333 e. The van der Waals surface area contributed by atoms with Gasteiger partial charge in [-0.2, -0.15) is 0 Å². The van der Waals surface area contributed by atoms with Crippen LogP contribution in [0.1, 0.15) is 42.4 Å². The molecule has 1 saturated carbocycles. The standard InChI is InChI=1S/C13H18N6OS/c20-13(14-8-11-6-3-7-21-11)15-9-12-16-17-18-19(12)10-4-1-2-5-10/h3,6-7,10H,1-2,4-5,8-9H2,(H2,14,15,20). The van der Waals surface area contributed by atoms with Gasteiger partial charge in [0.1, 0.15) is 0 Å². The van der Waals surface area contributed by atoms with Crippen molar-refractivity contribution in [3.63, 3.8) is 0 Å². The van der Waals surface area contributed by atoms with Crippen LogP contribution < -0.4 is 10.6 Å². The predicted octanol–water partition coefficient (Wildman–Crippen LogP) is 1.85. The number of carbonyl (C=O) groups is 1. The van der Waals surface area contributed by atoms with Crippen LogP contribution in [0.25, 0.3) is 0 Å². The van der Waals surface area contributed by atoms with E-state index in [2.05, 4.69) is 26.2 Å². The van der Waals surface area contributed by atoms with E-state index in [1.165, 1.54) is 12.8 Å². The predicted molar refractivity (Wildman–Crippen MR) is 78.7 cm³/mol. The third kappa shape index (κ3) is 3.57. The Morgan fingerprint density at radius 1 is 1.33 bits per heavy atom. The third-order valence-corrected chi connectivity index (χ3v) is 4.52. The second kappa shape index (κ2) is 6.66. The second-order valence-electron chi connectivity index (χ2n) is 5.09.